The molecule has 0 radical (unpaired) electrons. The first-order valence-corrected chi connectivity index (χ1v) is 7.51. The van der Waals surface area contributed by atoms with E-state index in [4.69, 9.17) is 14.2 Å². The number of nitrogens with zero attached hydrogens (tertiary/aromatic N) is 1. The van der Waals surface area contributed by atoms with E-state index in [2.05, 4.69) is 5.32 Å². The summed E-state index contributed by atoms with van der Waals surface area (Å²) in [6.07, 6.45) is 1.35. The summed E-state index contributed by atoms with van der Waals surface area (Å²) in [5, 5.41) is 11.7. The van der Waals surface area contributed by atoms with E-state index in [1.165, 1.54) is 45.6 Å². The van der Waals surface area contributed by atoms with Gasteiger partial charge in [0.05, 0.1) is 27.0 Å². The first kappa shape index (κ1) is 18.8. The van der Waals surface area contributed by atoms with Crippen LogP contribution in [0, 0.1) is 17.1 Å². The predicted octanol–water partition coefficient (Wildman–Crippen LogP) is 3.40. The maximum atomic E-state index is 13.7. The lowest BCUT2D eigenvalue weighted by Crippen LogP contribution is -2.14. The Morgan fingerprint density at radius 3 is 2.23 bits per heavy atom. The molecule has 0 aliphatic heterocycles. The van der Waals surface area contributed by atoms with Crippen LogP contribution in [0.15, 0.2) is 42.0 Å². The molecule has 0 aliphatic carbocycles. The molecule has 0 unspecified atom stereocenters. The summed E-state index contributed by atoms with van der Waals surface area (Å²) in [6.45, 7) is 0. The Bertz CT molecular complexity index is 862. The molecule has 1 amide bonds. The molecule has 26 heavy (non-hydrogen) atoms. The fourth-order valence-corrected chi connectivity index (χ4v) is 2.25. The molecule has 2 aromatic rings. The number of hydrogen-bond donors (Lipinski definition) is 1. The summed E-state index contributed by atoms with van der Waals surface area (Å²) in [5.41, 5.74) is 0.269. The minimum absolute atomic E-state index is 0.0106. The summed E-state index contributed by atoms with van der Waals surface area (Å²) < 4.78 is 29.4. The Balaban J connectivity index is 2.38. The minimum atomic E-state index is -0.730. The van der Waals surface area contributed by atoms with Gasteiger partial charge in [0.15, 0.2) is 11.5 Å². The number of benzene rings is 2. The van der Waals surface area contributed by atoms with Gasteiger partial charge in [0.25, 0.3) is 5.91 Å². The Hall–Kier alpha value is -3.53. The number of para-hydroxylation sites is 1. The van der Waals surface area contributed by atoms with Crippen molar-refractivity contribution in [3.63, 3.8) is 0 Å². The van der Waals surface area contributed by atoms with Crippen LogP contribution in [0.1, 0.15) is 5.56 Å². The average Bonchev–Trinajstić information content (AvgIpc) is 2.66. The van der Waals surface area contributed by atoms with Gasteiger partial charge >= 0.3 is 0 Å². The lowest BCUT2D eigenvalue weighted by molar-refractivity contribution is -0.112. The van der Waals surface area contributed by atoms with Gasteiger partial charge in [-0.1, -0.05) is 12.1 Å². The molecular formula is C19H17FN2O4. The number of nitrogens with one attached hydrogen (secondary N) is 1. The molecule has 134 valence electrons. The molecular weight excluding hydrogens is 339 g/mol. The van der Waals surface area contributed by atoms with Crippen LogP contribution in [0.3, 0.4) is 0 Å². The molecule has 2 rings (SSSR count). The van der Waals surface area contributed by atoms with Crippen molar-refractivity contribution >= 4 is 17.7 Å². The number of methoxy groups -OCH3 is 3. The van der Waals surface area contributed by atoms with Crippen molar-refractivity contribution in [2.75, 3.05) is 26.6 Å². The highest BCUT2D eigenvalue weighted by Crippen LogP contribution is 2.38. The van der Waals surface area contributed by atoms with Crippen LogP contribution in [0.25, 0.3) is 6.08 Å². The number of rotatable bonds is 6. The first-order chi connectivity index (χ1) is 12.5. The van der Waals surface area contributed by atoms with Crippen molar-refractivity contribution in [2.45, 2.75) is 0 Å². The maximum Gasteiger partial charge on any atom is 0.266 e. The Labute approximate surface area is 150 Å². The summed E-state index contributed by atoms with van der Waals surface area (Å²) in [6, 6.07) is 10.7. The fraction of sp³-hybridized carbons (Fsp3) is 0.158. The van der Waals surface area contributed by atoms with Gasteiger partial charge < -0.3 is 19.5 Å². The molecule has 0 saturated heterocycles. The lowest BCUT2D eigenvalue weighted by atomic mass is 10.1. The molecule has 0 saturated carbocycles. The quantitative estimate of drug-likeness (QED) is 0.634. The van der Waals surface area contributed by atoms with Gasteiger partial charge in [-0.15, -0.1) is 0 Å². The van der Waals surface area contributed by atoms with E-state index in [9.17, 15) is 14.4 Å². The number of anilines is 1. The second-order valence-electron chi connectivity index (χ2n) is 5.06. The van der Waals surface area contributed by atoms with Gasteiger partial charge in [0, 0.05) is 0 Å². The molecule has 0 aliphatic rings. The van der Waals surface area contributed by atoms with Crippen LogP contribution < -0.4 is 19.5 Å². The van der Waals surface area contributed by atoms with E-state index in [1.54, 1.807) is 18.2 Å². The predicted molar refractivity (Wildman–Crippen MR) is 94.7 cm³/mol. The SMILES string of the molecule is COc1cc(/C=C(/C#N)C(=O)Nc2ccccc2F)cc(OC)c1OC. The number of hydrogen-bond acceptors (Lipinski definition) is 5. The number of ether oxygens (including phenoxy) is 3. The van der Waals surface area contributed by atoms with E-state index < -0.39 is 11.7 Å². The Morgan fingerprint density at radius 2 is 1.73 bits per heavy atom. The highest BCUT2D eigenvalue weighted by Gasteiger charge is 2.15. The zero-order valence-corrected chi connectivity index (χ0v) is 14.5. The van der Waals surface area contributed by atoms with Crippen molar-refractivity contribution < 1.29 is 23.4 Å². The van der Waals surface area contributed by atoms with E-state index in [0.29, 0.717) is 22.8 Å². The summed E-state index contributed by atoms with van der Waals surface area (Å²) in [4.78, 5) is 12.3. The molecule has 0 aromatic heterocycles. The third-order valence-electron chi connectivity index (χ3n) is 3.49. The van der Waals surface area contributed by atoms with Crippen LogP contribution >= 0.6 is 0 Å². The summed E-state index contributed by atoms with van der Waals surface area (Å²) in [7, 11) is 4.39. The highest BCUT2D eigenvalue weighted by atomic mass is 19.1. The molecule has 0 heterocycles. The summed E-state index contributed by atoms with van der Waals surface area (Å²) in [5.74, 6) is -0.173. The van der Waals surface area contributed by atoms with E-state index in [-0.39, 0.29) is 11.3 Å². The van der Waals surface area contributed by atoms with Gasteiger partial charge in [0.2, 0.25) is 5.75 Å². The van der Waals surface area contributed by atoms with Crippen molar-refractivity contribution in [3.8, 4) is 23.3 Å². The number of carbonyl (C=O) groups is 1. The fourth-order valence-electron chi connectivity index (χ4n) is 2.25. The molecule has 2 aromatic carbocycles. The normalized spacial score (nSPS) is 10.7. The second-order valence-corrected chi connectivity index (χ2v) is 5.06. The third-order valence-corrected chi connectivity index (χ3v) is 3.49. The second kappa shape index (κ2) is 8.53. The smallest absolute Gasteiger partial charge is 0.266 e. The molecule has 7 heteroatoms. The topological polar surface area (TPSA) is 80.6 Å². The van der Waals surface area contributed by atoms with Gasteiger partial charge in [-0.05, 0) is 35.9 Å². The Morgan fingerprint density at radius 1 is 1.12 bits per heavy atom. The molecule has 0 spiro atoms. The van der Waals surface area contributed by atoms with Gasteiger partial charge in [0.1, 0.15) is 17.5 Å². The monoisotopic (exact) mass is 356 g/mol. The number of nitriles is 1. The van der Waals surface area contributed by atoms with E-state index >= 15 is 0 Å². The zero-order valence-electron chi connectivity index (χ0n) is 14.5. The molecule has 0 atom stereocenters. The molecule has 6 nitrogen and oxygen atoms in total. The van der Waals surface area contributed by atoms with Gasteiger partial charge in [-0.25, -0.2) is 4.39 Å². The number of amides is 1. The standard InChI is InChI=1S/C19H17FN2O4/c1-24-16-9-12(10-17(25-2)18(16)26-3)8-13(11-21)19(23)22-15-7-5-4-6-14(15)20/h4-10H,1-3H3,(H,22,23)/b13-8-. The Kier molecular flexibility index (Phi) is 6.17. The molecule has 0 fully saturated rings. The molecule has 0 bridgehead atoms. The van der Waals surface area contributed by atoms with Crippen LogP contribution in [0.4, 0.5) is 10.1 Å². The maximum absolute atomic E-state index is 13.7. The van der Waals surface area contributed by atoms with Crippen LogP contribution in [0.2, 0.25) is 0 Å². The average molecular weight is 356 g/mol. The lowest BCUT2D eigenvalue weighted by Gasteiger charge is -2.13. The first-order valence-electron chi connectivity index (χ1n) is 7.51. The van der Waals surface area contributed by atoms with Gasteiger partial charge in [-0.3, -0.25) is 4.79 Å². The van der Waals surface area contributed by atoms with Crippen LogP contribution in [-0.4, -0.2) is 27.2 Å². The van der Waals surface area contributed by atoms with Crippen LogP contribution in [-0.2, 0) is 4.79 Å². The van der Waals surface area contributed by atoms with E-state index in [1.807, 2.05) is 6.07 Å². The van der Waals surface area contributed by atoms with Crippen molar-refractivity contribution in [1.82, 2.24) is 0 Å². The van der Waals surface area contributed by atoms with Crippen LogP contribution in [0.5, 0.6) is 17.2 Å². The minimum Gasteiger partial charge on any atom is -0.493 e. The largest absolute Gasteiger partial charge is 0.493 e. The highest BCUT2D eigenvalue weighted by molar-refractivity contribution is 6.09. The van der Waals surface area contributed by atoms with E-state index in [0.717, 1.165) is 0 Å². The van der Waals surface area contributed by atoms with Crippen molar-refractivity contribution in [2.24, 2.45) is 0 Å². The zero-order chi connectivity index (χ0) is 19.1. The number of halogens is 1. The van der Waals surface area contributed by atoms with Crippen molar-refractivity contribution in [3.05, 3.63) is 53.4 Å². The number of carbonyl (C=O) groups excluding carboxylic acids is 1. The molecule has 1 N–H and O–H groups in total. The summed E-state index contributed by atoms with van der Waals surface area (Å²) >= 11 is 0. The van der Waals surface area contributed by atoms with Crippen molar-refractivity contribution in [1.29, 1.82) is 5.26 Å². The third kappa shape index (κ3) is 4.11. The van der Waals surface area contributed by atoms with Gasteiger partial charge in [-0.2, -0.15) is 5.26 Å².